The van der Waals surface area contributed by atoms with Crippen molar-refractivity contribution in [2.75, 3.05) is 43.1 Å². The van der Waals surface area contributed by atoms with Gasteiger partial charge >= 0.3 is 0 Å². The molecular formula is C18H22N4O2. The fraction of sp³-hybridized carbons (Fsp3) is 0.444. The molecule has 24 heavy (non-hydrogen) atoms. The van der Waals surface area contributed by atoms with E-state index in [0.717, 1.165) is 43.7 Å². The molecule has 2 aliphatic rings. The molecule has 0 amide bonds. The van der Waals surface area contributed by atoms with Crippen LogP contribution in [0.4, 0.5) is 11.6 Å². The summed E-state index contributed by atoms with van der Waals surface area (Å²) in [7, 11) is 0. The van der Waals surface area contributed by atoms with Crippen LogP contribution in [0.2, 0.25) is 0 Å². The standard InChI is InChI=1S/C18H22N4O2/c1-13(15-11-24-16-5-3-2-4-14(15)16)21-17-10-18(20-12-19-17)22-6-8-23-9-7-22/h2-5,10,12-13,15H,6-9,11H2,1H3,(H,19,20,21)/t13-,15+/m0/s1. The largest absolute Gasteiger partial charge is 0.493 e. The van der Waals surface area contributed by atoms with E-state index in [-0.39, 0.29) is 6.04 Å². The lowest BCUT2D eigenvalue weighted by Crippen LogP contribution is -2.36. The fourth-order valence-electron chi connectivity index (χ4n) is 3.33. The van der Waals surface area contributed by atoms with Crippen LogP contribution < -0.4 is 15.0 Å². The Bertz CT molecular complexity index is 703. The summed E-state index contributed by atoms with van der Waals surface area (Å²) in [5.74, 6) is 3.12. The van der Waals surface area contributed by atoms with Gasteiger partial charge in [0.1, 0.15) is 23.7 Å². The Labute approximate surface area is 141 Å². The van der Waals surface area contributed by atoms with Gasteiger partial charge in [-0.25, -0.2) is 9.97 Å². The second kappa shape index (κ2) is 6.65. The molecule has 6 heteroatoms. The van der Waals surface area contributed by atoms with E-state index in [2.05, 4.69) is 39.2 Å². The zero-order chi connectivity index (χ0) is 16.4. The molecule has 1 aromatic heterocycles. The van der Waals surface area contributed by atoms with Crippen molar-refractivity contribution in [3.63, 3.8) is 0 Å². The Kier molecular flexibility index (Phi) is 4.21. The van der Waals surface area contributed by atoms with Crippen LogP contribution in [-0.4, -0.2) is 48.9 Å². The first-order valence-corrected chi connectivity index (χ1v) is 8.44. The highest BCUT2D eigenvalue weighted by Gasteiger charge is 2.28. The summed E-state index contributed by atoms with van der Waals surface area (Å²) in [4.78, 5) is 11.0. The molecule has 3 heterocycles. The maximum Gasteiger partial charge on any atom is 0.134 e. The second-order valence-electron chi connectivity index (χ2n) is 6.25. The molecular weight excluding hydrogens is 304 g/mol. The SMILES string of the molecule is C[C@H](Nc1cc(N2CCOCC2)ncn1)[C@H]1COc2ccccc21. The fourth-order valence-corrected chi connectivity index (χ4v) is 3.33. The summed E-state index contributed by atoms with van der Waals surface area (Å²) in [6.07, 6.45) is 1.62. The molecule has 2 atom stereocenters. The van der Waals surface area contributed by atoms with Crippen LogP contribution in [0.3, 0.4) is 0 Å². The number of nitrogens with one attached hydrogen (secondary N) is 1. The van der Waals surface area contributed by atoms with Crippen molar-refractivity contribution >= 4 is 11.6 Å². The van der Waals surface area contributed by atoms with Crippen LogP contribution in [0.15, 0.2) is 36.7 Å². The van der Waals surface area contributed by atoms with Crippen molar-refractivity contribution in [3.8, 4) is 5.75 Å². The van der Waals surface area contributed by atoms with Crippen molar-refractivity contribution < 1.29 is 9.47 Å². The predicted octanol–water partition coefficient (Wildman–Crippen LogP) is 2.29. The third-order valence-corrected chi connectivity index (χ3v) is 4.70. The maximum atomic E-state index is 5.79. The number of anilines is 2. The van der Waals surface area contributed by atoms with E-state index < -0.39 is 0 Å². The van der Waals surface area contributed by atoms with Crippen LogP contribution >= 0.6 is 0 Å². The van der Waals surface area contributed by atoms with E-state index >= 15 is 0 Å². The highest BCUT2D eigenvalue weighted by molar-refractivity contribution is 5.50. The van der Waals surface area contributed by atoms with E-state index in [1.807, 2.05) is 18.2 Å². The molecule has 126 valence electrons. The molecule has 0 aliphatic carbocycles. The zero-order valence-electron chi connectivity index (χ0n) is 13.8. The molecule has 1 saturated heterocycles. The lowest BCUT2D eigenvalue weighted by molar-refractivity contribution is 0.122. The number of aromatic nitrogens is 2. The molecule has 1 N–H and O–H groups in total. The Morgan fingerprint density at radius 1 is 1.21 bits per heavy atom. The minimum atomic E-state index is 0.223. The van der Waals surface area contributed by atoms with Gasteiger partial charge < -0.3 is 19.7 Å². The molecule has 2 aliphatic heterocycles. The zero-order valence-corrected chi connectivity index (χ0v) is 13.8. The van der Waals surface area contributed by atoms with Gasteiger partial charge in [-0.05, 0) is 13.0 Å². The lowest BCUT2D eigenvalue weighted by atomic mass is 9.94. The lowest BCUT2D eigenvalue weighted by Gasteiger charge is -2.28. The van der Waals surface area contributed by atoms with Crippen LogP contribution in [0.5, 0.6) is 5.75 Å². The molecule has 0 bridgehead atoms. The highest BCUT2D eigenvalue weighted by atomic mass is 16.5. The maximum absolute atomic E-state index is 5.79. The number of nitrogens with zero attached hydrogens (tertiary/aromatic N) is 3. The van der Waals surface area contributed by atoms with Gasteiger partial charge in [0.15, 0.2) is 0 Å². The number of rotatable bonds is 4. The summed E-state index contributed by atoms with van der Waals surface area (Å²) >= 11 is 0. The molecule has 2 aromatic rings. The minimum Gasteiger partial charge on any atom is -0.493 e. The summed E-state index contributed by atoms with van der Waals surface area (Å²) in [5, 5.41) is 3.52. The average Bonchev–Trinajstić information content (AvgIpc) is 3.07. The van der Waals surface area contributed by atoms with Gasteiger partial charge in [0.25, 0.3) is 0 Å². The van der Waals surface area contributed by atoms with Crippen LogP contribution in [-0.2, 0) is 4.74 Å². The van der Waals surface area contributed by atoms with Gasteiger partial charge in [0.05, 0.1) is 19.8 Å². The Balaban J connectivity index is 1.47. The van der Waals surface area contributed by atoms with Crippen molar-refractivity contribution in [1.82, 2.24) is 9.97 Å². The van der Waals surface area contributed by atoms with Gasteiger partial charge in [-0.15, -0.1) is 0 Å². The number of hydrogen-bond donors (Lipinski definition) is 1. The van der Waals surface area contributed by atoms with E-state index in [1.165, 1.54) is 5.56 Å². The number of para-hydroxylation sites is 1. The molecule has 0 saturated carbocycles. The molecule has 0 unspecified atom stereocenters. The monoisotopic (exact) mass is 326 g/mol. The van der Waals surface area contributed by atoms with Gasteiger partial charge in [-0.1, -0.05) is 18.2 Å². The molecule has 1 fully saturated rings. The molecule has 4 rings (SSSR count). The smallest absolute Gasteiger partial charge is 0.134 e. The first kappa shape index (κ1) is 15.2. The van der Waals surface area contributed by atoms with Gasteiger partial charge in [0.2, 0.25) is 0 Å². The van der Waals surface area contributed by atoms with Crippen molar-refractivity contribution in [3.05, 3.63) is 42.2 Å². The summed E-state index contributed by atoms with van der Waals surface area (Å²) in [6.45, 7) is 6.12. The minimum absolute atomic E-state index is 0.223. The summed E-state index contributed by atoms with van der Waals surface area (Å²) in [6, 6.07) is 10.5. The van der Waals surface area contributed by atoms with E-state index in [1.54, 1.807) is 6.33 Å². The first-order chi connectivity index (χ1) is 11.8. The van der Waals surface area contributed by atoms with Crippen molar-refractivity contribution in [1.29, 1.82) is 0 Å². The summed E-state index contributed by atoms with van der Waals surface area (Å²) in [5.41, 5.74) is 1.26. The average molecular weight is 326 g/mol. The molecule has 0 radical (unpaired) electrons. The normalized spacial score (nSPS) is 21.0. The number of morpholine rings is 1. The van der Waals surface area contributed by atoms with Crippen molar-refractivity contribution in [2.45, 2.75) is 18.9 Å². The third-order valence-electron chi connectivity index (χ3n) is 4.70. The van der Waals surface area contributed by atoms with E-state index in [0.29, 0.717) is 12.5 Å². The van der Waals surface area contributed by atoms with Crippen LogP contribution in [0.1, 0.15) is 18.4 Å². The molecule has 6 nitrogen and oxygen atoms in total. The summed E-state index contributed by atoms with van der Waals surface area (Å²) < 4.78 is 11.2. The van der Waals surface area contributed by atoms with Gasteiger partial charge in [-0.2, -0.15) is 0 Å². The Morgan fingerprint density at radius 3 is 2.92 bits per heavy atom. The number of fused-ring (bicyclic) bond motifs is 1. The van der Waals surface area contributed by atoms with Crippen molar-refractivity contribution in [2.24, 2.45) is 0 Å². The topological polar surface area (TPSA) is 59.5 Å². The van der Waals surface area contributed by atoms with E-state index in [4.69, 9.17) is 9.47 Å². The molecule has 1 aromatic carbocycles. The van der Waals surface area contributed by atoms with Crippen LogP contribution in [0, 0.1) is 0 Å². The predicted molar refractivity (Wildman–Crippen MR) is 92.8 cm³/mol. The second-order valence-corrected chi connectivity index (χ2v) is 6.25. The quantitative estimate of drug-likeness (QED) is 0.930. The van der Waals surface area contributed by atoms with Crippen LogP contribution in [0.25, 0.3) is 0 Å². The number of hydrogen-bond acceptors (Lipinski definition) is 6. The number of ether oxygens (including phenoxy) is 2. The van der Waals surface area contributed by atoms with Gasteiger partial charge in [-0.3, -0.25) is 0 Å². The highest BCUT2D eigenvalue weighted by Crippen LogP contribution is 2.36. The first-order valence-electron chi connectivity index (χ1n) is 8.44. The third kappa shape index (κ3) is 3.01. The van der Waals surface area contributed by atoms with Gasteiger partial charge in [0, 0.05) is 36.7 Å². The Morgan fingerprint density at radius 2 is 2.04 bits per heavy atom. The Hall–Kier alpha value is -2.34. The molecule has 0 spiro atoms. The van der Waals surface area contributed by atoms with E-state index in [9.17, 15) is 0 Å². The number of benzene rings is 1.